The van der Waals surface area contributed by atoms with E-state index in [1.807, 2.05) is 31.2 Å². The molecule has 3 rings (SSSR count). The van der Waals surface area contributed by atoms with Crippen molar-refractivity contribution in [1.82, 2.24) is 10.1 Å². The van der Waals surface area contributed by atoms with Gasteiger partial charge in [0, 0.05) is 21.5 Å². The predicted molar refractivity (Wildman–Crippen MR) is 86.5 cm³/mol. The van der Waals surface area contributed by atoms with E-state index in [1.165, 1.54) is 11.3 Å². The average Bonchev–Trinajstić information content (AvgIpc) is 3.05. The van der Waals surface area contributed by atoms with Gasteiger partial charge in [-0.25, -0.2) is 4.98 Å². The van der Waals surface area contributed by atoms with Gasteiger partial charge in [-0.05, 0) is 26.0 Å². The van der Waals surface area contributed by atoms with Gasteiger partial charge in [0.05, 0.1) is 5.69 Å². The first kappa shape index (κ1) is 14.7. The number of aryl methyl sites for hydroxylation is 2. The highest BCUT2D eigenvalue weighted by molar-refractivity contribution is 7.16. The molecule has 0 saturated heterocycles. The van der Waals surface area contributed by atoms with E-state index in [9.17, 15) is 4.79 Å². The van der Waals surface area contributed by atoms with Crippen LogP contribution in [0.3, 0.4) is 0 Å². The summed E-state index contributed by atoms with van der Waals surface area (Å²) < 4.78 is 4.89. The molecule has 5 nitrogen and oxygen atoms in total. The Morgan fingerprint density at radius 3 is 2.82 bits per heavy atom. The van der Waals surface area contributed by atoms with Gasteiger partial charge in [-0.15, -0.1) is 11.3 Å². The summed E-state index contributed by atoms with van der Waals surface area (Å²) in [5, 5.41) is 7.57. The quantitative estimate of drug-likeness (QED) is 0.775. The zero-order chi connectivity index (χ0) is 15.7. The fourth-order valence-corrected chi connectivity index (χ4v) is 3.01. The molecule has 0 aliphatic rings. The third-order valence-corrected chi connectivity index (χ3v) is 4.10. The van der Waals surface area contributed by atoms with Crippen LogP contribution in [-0.4, -0.2) is 16.0 Å². The Morgan fingerprint density at radius 2 is 2.14 bits per heavy atom. The molecule has 0 saturated carbocycles. The van der Waals surface area contributed by atoms with Gasteiger partial charge in [0.2, 0.25) is 0 Å². The summed E-state index contributed by atoms with van der Waals surface area (Å²) in [6, 6.07) is 9.03. The number of amides is 1. The standard InChI is InChI=1S/C15H12ClN3O2S/c1-8-6-12(19-21-8)14(20)18-15-17-13(9(2)22-15)10-4-3-5-11(16)7-10/h3-7H,1-2H3,(H,17,18,20). The zero-order valence-corrected chi connectivity index (χ0v) is 13.5. The molecule has 0 aliphatic heterocycles. The molecule has 112 valence electrons. The van der Waals surface area contributed by atoms with Crippen LogP contribution in [0.15, 0.2) is 34.9 Å². The highest BCUT2D eigenvalue weighted by atomic mass is 35.5. The van der Waals surface area contributed by atoms with Crippen LogP contribution in [0.5, 0.6) is 0 Å². The lowest BCUT2D eigenvalue weighted by Crippen LogP contribution is -2.11. The van der Waals surface area contributed by atoms with Crippen LogP contribution in [0.4, 0.5) is 5.13 Å². The number of hydrogen-bond donors (Lipinski definition) is 1. The second-order valence-corrected chi connectivity index (χ2v) is 6.35. The van der Waals surface area contributed by atoms with Gasteiger partial charge < -0.3 is 4.52 Å². The van der Waals surface area contributed by atoms with Gasteiger partial charge in [-0.2, -0.15) is 0 Å². The lowest BCUT2D eigenvalue weighted by Gasteiger charge is -1.99. The Labute approximate surface area is 135 Å². The molecule has 0 fully saturated rings. The van der Waals surface area contributed by atoms with E-state index in [1.54, 1.807) is 13.0 Å². The molecule has 0 bridgehead atoms. The lowest BCUT2D eigenvalue weighted by molar-refractivity contribution is 0.101. The van der Waals surface area contributed by atoms with E-state index in [4.69, 9.17) is 16.1 Å². The smallest absolute Gasteiger partial charge is 0.279 e. The van der Waals surface area contributed by atoms with Crippen molar-refractivity contribution in [3.63, 3.8) is 0 Å². The van der Waals surface area contributed by atoms with Crippen LogP contribution in [0.2, 0.25) is 5.02 Å². The van der Waals surface area contributed by atoms with E-state index in [0.29, 0.717) is 15.9 Å². The lowest BCUT2D eigenvalue weighted by atomic mass is 10.1. The third kappa shape index (κ3) is 3.03. The maximum Gasteiger partial charge on any atom is 0.279 e. The highest BCUT2D eigenvalue weighted by Gasteiger charge is 2.15. The molecule has 1 aromatic carbocycles. The molecular formula is C15H12ClN3O2S. The van der Waals surface area contributed by atoms with Crippen LogP contribution in [0.1, 0.15) is 21.1 Å². The number of benzene rings is 1. The maximum absolute atomic E-state index is 12.1. The van der Waals surface area contributed by atoms with Crippen molar-refractivity contribution in [3.05, 3.63) is 51.7 Å². The molecule has 0 radical (unpaired) electrons. The molecule has 0 aliphatic carbocycles. The number of thiazole rings is 1. The highest BCUT2D eigenvalue weighted by Crippen LogP contribution is 2.31. The summed E-state index contributed by atoms with van der Waals surface area (Å²) in [5.41, 5.74) is 1.95. The minimum atomic E-state index is -0.344. The van der Waals surface area contributed by atoms with Crippen molar-refractivity contribution in [1.29, 1.82) is 0 Å². The minimum absolute atomic E-state index is 0.231. The molecule has 3 aromatic rings. The Kier molecular flexibility index (Phi) is 3.96. The largest absolute Gasteiger partial charge is 0.361 e. The molecule has 2 aromatic heterocycles. The number of carbonyl (C=O) groups is 1. The summed E-state index contributed by atoms with van der Waals surface area (Å²) in [5.74, 6) is 0.239. The van der Waals surface area contributed by atoms with E-state index in [2.05, 4.69) is 15.5 Å². The number of nitrogens with one attached hydrogen (secondary N) is 1. The summed E-state index contributed by atoms with van der Waals surface area (Å²) in [6.45, 7) is 3.68. The molecule has 0 unspecified atom stereocenters. The monoisotopic (exact) mass is 333 g/mol. The van der Waals surface area contributed by atoms with Gasteiger partial charge in [0.25, 0.3) is 5.91 Å². The first-order valence-electron chi connectivity index (χ1n) is 6.51. The van der Waals surface area contributed by atoms with Crippen LogP contribution < -0.4 is 5.32 Å². The van der Waals surface area contributed by atoms with Crippen molar-refractivity contribution in [3.8, 4) is 11.3 Å². The van der Waals surface area contributed by atoms with Crippen molar-refractivity contribution in [2.24, 2.45) is 0 Å². The second-order valence-electron chi connectivity index (χ2n) is 4.71. The van der Waals surface area contributed by atoms with Gasteiger partial charge >= 0.3 is 0 Å². The molecule has 1 amide bonds. The fraction of sp³-hybridized carbons (Fsp3) is 0.133. The summed E-state index contributed by atoms with van der Waals surface area (Å²) in [7, 11) is 0. The van der Waals surface area contributed by atoms with Crippen LogP contribution in [-0.2, 0) is 0 Å². The topological polar surface area (TPSA) is 68.0 Å². The number of anilines is 1. The van der Waals surface area contributed by atoms with Crippen LogP contribution >= 0.6 is 22.9 Å². The van der Waals surface area contributed by atoms with E-state index in [-0.39, 0.29) is 11.6 Å². The molecule has 7 heteroatoms. The number of aromatic nitrogens is 2. The van der Waals surface area contributed by atoms with Crippen molar-refractivity contribution in [2.75, 3.05) is 5.32 Å². The summed E-state index contributed by atoms with van der Waals surface area (Å²) in [6.07, 6.45) is 0. The molecule has 0 spiro atoms. The molecule has 2 heterocycles. The first-order valence-corrected chi connectivity index (χ1v) is 7.70. The van der Waals surface area contributed by atoms with Crippen LogP contribution in [0.25, 0.3) is 11.3 Å². The second kappa shape index (κ2) is 5.90. The van der Waals surface area contributed by atoms with Crippen LogP contribution in [0, 0.1) is 13.8 Å². The fourth-order valence-electron chi connectivity index (χ4n) is 1.99. The number of hydrogen-bond acceptors (Lipinski definition) is 5. The van der Waals surface area contributed by atoms with Crippen molar-refractivity contribution < 1.29 is 9.32 Å². The minimum Gasteiger partial charge on any atom is -0.361 e. The van der Waals surface area contributed by atoms with Crippen molar-refractivity contribution in [2.45, 2.75) is 13.8 Å². The first-order chi connectivity index (χ1) is 10.5. The molecule has 22 heavy (non-hydrogen) atoms. The Hall–Kier alpha value is -2.18. The van der Waals surface area contributed by atoms with E-state index in [0.717, 1.165) is 16.1 Å². The van der Waals surface area contributed by atoms with Gasteiger partial charge in [-0.1, -0.05) is 28.9 Å². The number of carbonyl (C=O) groups excluding carboxylic acids is 1. The Balaban J connectivity index is 1.85. The molecular weight excluding hydrogens is 322 g/mol. The molecule has 0 atom stereocenters. The SMILES string of the molecule is Cc1cc(C(=O)Nc2nc(-c3cccc(Cl)c3)c(C)s2)no1. The number of rotatable bonds is 3. The van der Waals surface area contributed by atoms with Crippen molar-refractivity contribution >= 4 is 34.0 Å². The Bertz CT molecular complexity index is 841. The Morgan fingerprint density at radius 1 is 1.32 bits per heavy atom. The summed E-state index contributed by atoms with van der Waals surface area (Å²) >= 11 is 7.41. The van der Waals surface area contributed by atoms with Gasteiger partial charge in [0.1, 0.15) is 5.76 Å². The zero-order valence-electron chi connectivity index (χ0n) is 11.9. The average molecular weight is 334 g/mol. The molecule has 1 N–H and O–H groups in total. The van der Waals surface area contributed by atoms with Gasteiger partial charge in [-0.3, -0.25) is 10.1 Å². The van der Waals surface area contributed by atoms with Gasteiger partial charge in [0.15, 0.2) is 10.8 Å². The number of nitrogens with zero attached hydrogens (tertiary/aromatic N) is 2. The van der Waals surface area contributed by atoms with E-state index < -0.39 is 0 Å². The maximum atomic E-state index is 12.1. The third-order valence-electron chi connectivity index (χ3n) is 2.98. The normalized spacial score (nSPS) is 10.7. The van der Waals surface area contributed by atoms with E-state index >= 15 is 0 Å². The predicted octanol–water partition coefficient (Wildman–Crippen LogP) is 4.32. The number of halogens is 1. The summed E-state index contributed by atoms with van der Waals surface area (Å²) in [4.78, 5) is 17.5.